The van der Waals surface area contributed by atoms with E-state index in [1.165, 1.54) is 17.8 Å². The summed E-state index contributed by atoms with van der Waals surface area (Å²) >= 11 is 1.22. The third-order valence-corrected chi connectivity index (χ3v) is 3.50. The summed E-state index contributed by atoms with van der Waals surface area (Å²) in [6, 6.07) is 8.19. The molecule has 6 nitrogen and oxygen atoms in total. The number of hydrogen-bond acceptors (Lipinski definition) is 6. The highest BCUT2D eigenvalue weighted by Gasteiger charge is 2.14. The molecule has 0 bridgehead atoms. The van der Waals surface area contributed by atoms with E-state index in [4.69, 9.17) is 5.73 Å². The molecule has 0 unspecified atom stereocenters. The summed E-state index contributed by atoms with van der Waals surface area (Å²) in [5.41, 5.74) is 5.80. The van der Waals surface area contributed by atoms with Gasteiger partial charge in [0.25, 0.3) is 5.69 Å². The molecule has 104 valence electrons. The first-order valence-corrected chi connectivity index (χ1v) is 6.96. The number of nitrogens with zero attached hydrogens (tertiary/aromatic N) is 3. The van der Waals surface area contributed by atoms with Crippen LogP contribution in [0, 0.1) is 10.1 Å². The van der Waals surface area contributed by atoms with E-state index in [0.29, 0.717) is 21.6 Å². The molecule has 0 amide bonds. The molecule has 0 saturated heterocycles. The average molecular weight is 290 g/mol. The summed E-state index contributed by atoms with van der Waals surface area (Å²) in [4.78, 5) is 19.6. The predicted octanol–water partition coefficient (Wildman–Crippen LogP) is 3.07. The molecule has 0 atom stereocenters. The molecule has 0 spiro atoms. The van der Waals surface area contributed by atoms with Crippen LogP contribution in [0.3, 0.4) is 0 Å². The number of hydrogen-bond donors (Lipinski definition) is 1. The highest BCUT2D eigenvalue weighted by Crippen LogP contribution is 2.33. The van der Waals surface area contributed by atoms with E-state index < -0.39 is 4.92 Å². The Labute approximate surface area is 120 Å². The molecule has 7 heteroatoms. The molecule has 0 aliphatic rings. The number of nitrogen functional groups attached to an aromatic ring is 1. The molecule has 20 heavy (non-hydrogen) atoms. The maximum absolute atomic E-state index is 11.0. The van der Waals surface area contributed by atoms with Crippen LogP contribution in [0.2, 0.25) is 0 Å². The fourth-order valence-electron chi connectivity index (χ4n) is 1.69. The number of rotatable bonds is 5. The lowest BCUT2D eigenvalue weighted by Gasteiger charge is -2.05. The van der Waals surface area contributed by atoms with E-state index in [1.54, 1.807) is 24.3 Å². The zero-order chi connectivity index (χ0) is 14.5. The molecule has 2 rings (SSSR count). The van der Waals surface area contributed by atoms with Crippen LogP contribution in [-0.2, 0) is 6.42 Å². The number of anilines is 1. The smallest absolute Gasteiger partial charge is 0.283 e. The fraction of sp³-hybridized carbons (Fsp3) is 0.231. The van der Waals surface area contributed by atoms with Gasteiger partial charge in [-0.2, -0.15) is 0 Å². The van der Waals surface area contributed by atoms with Gasteiger partial charge < -0.3 is 5.73 Å². The summed E-state index contributed by atoms with van der Waals surface area (Å²) in [7, 11) is 0. The monoisotopic (exact) mass is 290 g/mol. The summed E-state index contributed by atoms with van der Waals surface area (Å²) < 4.78 is 0. The minimum atomic E-state index is -0.403. The minimum absolute atomic E-state index is 0.0618. The van der Waals surface area contributed by atoms with E-state index in [-0.39, 0.29) is 5.69 Å². The van der Waals surface area contributed by atoms with Crippen LogP contribution in [0.5, 0.6) is 0 Å². The number of nitro benzene ring substituents is 1. The second-order valence-electron chi connectivity index (χ2n) is 4.12. The van der Waals surface area contributed by atoms with Gasteiger partial charge in [0.1, 0.15) is 16.7 Å². The Balaban J connectivity index is 2.32. The van der Waals surface area contributed by atoms with Gasteiger partial charge in [0.15, 0.2) is 0 Å². The van der Waals surface area contributed by atoms with Crippen LogP contribution in [0.1, 0.15) is 19.2 Å². The van der Waals surface area contributed by atoms with E-state index >= 15 is 0 Å². The number of benzene rings is 1. The lowest BCUT2D eigenvalue weighted by atomic mass is 10.3. The molecule has 1 heterocycles. The molecular weight excluding hydrogens is 276 g/mol. The molecule has 2 aromatic rings. The van der Waals surface area contributed by atoms with Crippen LogP contribution in [0.4, 0.5) is 11.5 Å². The standard InChI is InChI=1S/C13H14N4O2S/c1-2-5-12-15-11(14)8-13(16-12)20-10-7-4-3-6-9(10)17(18)19/h3-4,6-8H,2,5H2,1H3,(H2,14,15,16). The van der Waals surface area contributed by atoms with Gasteiger partial charge in [0.2, 0.25) is 0 Å². The van der Waals surface area contributed by atoms with Gasteiger partial charge in [-0.05, 0) is 12.5 Å². The number of nitro groups is 1. The second kappa shape index (κ2) is 6.33. The Morgan fingerprint density at radius 3 is 2.80 bits per heavy atom. The summed E-state index contributed by atoms with van der Waals surface area (Å²) in [5.74, 6) is 1.04. The zero-order valence-corrected chi connectivity index (χ0v) is 11.8. The topological polar surface area (TPSA) is 94.9 Å². The zero-order valence-electron chi connectivity index (χ0n) is 10.9. The first-order valence-electron chi connectivity index (χ1n) is 6.15. The molecule has 0 saturated carbocycles. The molecule has 0 radical (unpaired) electrons. The van der Waals surface area contributed by atoms with Crippen molar-refractivity contribution in [2.24, 2.45) is 0 Å². The van der Waals surface area contributed by atoms with Crippen molar-refractivity contribution in [2.45, 2.75) is 29.7 Å². The van der Waals surface area contributed by atoms with Crippen LogP contribution < -0.4 is 5.73 Å². The molecule has 0 fully saturated rings. The van der Waals surface area contributed by atoms with Crippen LogP contribution in [0.15, 0.2) is 40.3 Å². The number of aromatic nitrogens is 2. The van der Waals surface area contributed by atoms with E-state index in [0.717, 1.165) is 12.8 Å². The van der Waals surface area contributed by atoms with E-state index in [1.807, 2.05) is 6.92 Å². The fourth-order valence-corrected chi connectivity index (χ4v) is 2.64. The number of aryl methyl sites for hydroxylation is 1. The second-order valence-corrected chi connectivity index (χ2v) is 5.19. The van der Waals surface area contributed by atoms with Crippen molar-refractivity contribution >= 4 is 23.3 Å². The minimum Gasteiger partial charge on any atom is -0.384 e. The van der Waals surface area contributed by atoms with Crippen molar-refractivity contribution < 1.29 is 4.92 Å². The maximum atomic E-state index is 11.0. The third-order valence-electron chi connectivity index (χ3n) is 2.52. The van der Waals surface area contributed by atoms with Gasteiger partial charge in [-0.3, -0.25) is 10.1 Å². The quantitative estimate of drug-likeness (QED) is 0.516. The first-order chi connectivity index (χ1) is 9.60. The summed E-state index contributed by atoms with van der Waals surface area (Å²) in [6.07, 6.45) is 1.65. The highest BCUT2D eigenvalue weighted by molar-refractivity contribution is 7.99. The van der Waals surface area contributed by atoms with Crippen molar-refractivity contribution in [3.05, 3.63) is 46.3 Å². The van der Waals surface area contributed by atoms with E-state index in [9.17, 15) is 10.1 Å². The largest absolute Gasteiger partial charge is 0.384 e. The number of nitrogens with two attached hydrogens (primary N) is 1. The van der Waals surface area contributed by atoms with Gasteiger partial charge in [0, 0.05) is 18.6 Å². The Morgan fingerprint density at radius 2 is 2.10 bits per heavy atom. The Morgan fingerprint density at radius 1 is 1.35 bits per heavy atom. The van der Waals surface area contributed by atoms with Gasteiger partial charge in [0.05, 0.1) is 9.82 Å². The Kier molecular flexibility index (Phi) is 4.52. The normalized spacial score (nSPS) is 10.4. The Bertz CT molecular complexity index is 634. The SMILES string of the molecule is CCCc1nc(N)cc(Sc2ccccc2[N+](=O)[O-])n1. The molecule has 0 aliphatic heterocycles. The van der Waals surface area contributed by atoms with Crippen molar-refractivity contribution in [2.75, 3.05) is 5.73 Å². The molecule has 1 aromatic heterocycles. The first kappa shape index (κ1) is 14.3. The predicted molar refractivity (Wildman–Crippen MR) is 77.7 cm³/mol. The van der Waals surface area contributed by atoms with Crippen LogP contribution in [-0.4, -0.2) is 14.9 Å². The van der Waals surface area contributed by atoms with Crippen LogP contribution in [0.25, 0.3) is 0 Å². The lowest BCUT2D eigenvalue weighted by molar-refractivity contribution is -0.387. The van der Waals surface area contributed by atoms with Gasteiger partial charge in [-0.1, -0.05) is 30.8 Å². The average Bonchev–Trinajstić information content (AvgIpc) is 2.38. The van der Waals surface area contributed by atoms with Crippen molar-refractivity contribution in [1.29, 1.82) is 0 Å². The summed E-state index contributed by atoms with van der Waals surface area (Å²) in [5, 5.41) is 11.6. The lowest BCUT2D eigenvalue weighted by Crippen LogP contribution is -2.00. The molecule has 0 aliphatic carbocycles. The van der Waals surface area contributed by atoms with Crippen molar-refractivity contribution in [1.82, 2.24) is 9.97 Å². The van der Waals surface area contributed by atoms with Crippen molar-refractivity contribution in [3.8, 4) is 0 Å². The molecule has 2 N–H and O–H groups in total. The maximum Gasteiger partial charge on any atom is 0.283 e. The van der Waals surface area contributed by atoms with E-state index in [2.05, 4.69) is 9.97 Å². The third kappa shape index (κ3) is 3.45. The number of para-hydroxylation sites is 1. The Hall–Kier alpha value is -2.15. The highest BCUT2D eigenvalue weighted by atomic mass is 32.2. The van der Waals surface area contributed by atoms with Gasteiger partial charge in [-0.15, -0.1) is 0 Å². The summed E-state index contributed by atoms with van der Waals surface area (Å²) in [6.45, 7) is 2.03. The van der Waals surface area contributed by atoms with Gasteiger partial charge >= 0.3 is 0 Å². The van der Waals surface area contributed by atoms with Crippen molar-refractivity contribution in [3.63, 3.8) is 0 Å². The van der Waals surface area contributed by atoms with Crippen LogP contribution >= 0.6 is 11.8 Å². The molecular formula is C13H14N4O2S. The molecule has 1 aromatic carbocycles. The van der Waals surface area contributed by atoms with Gasteiger partial charge in [-0.25, -0.2) is 9.97 Å².